The second-order valence-corrected chi connectivity index (χ2v) is 4.77. The quantitative estimate of drug-likeness (QED) is 0.641. The highest BCUT2D eigenvalue weighted by atomic mass is 16.5. The van der Waals surface area contributed by atoms with E-state index in [1.807, 2.05) is 29.2 Å². The van der Waals surface area contributed by atoms with Gasteiger partial charge in [0.2, 0.25) is 0 Å². The van der Waals surface area contributed by atoms with E-state index >= 15 is 0 Å². The first-order chi connectivity index (χ1) is 9.69. The van der Waals surface area contributed by atoms with Gasteiger partial charge in [-0.3, -0.25) is 4.90 Å². The molecule has 1 fully saturated rings. The molecule has 5 heteroatoms. The van der Waals surface area contributed by atoms with E-state index in [9.17, 15) is 10.2 Å². The van der Waals surface area contributed by atoms with Crippen molar-refractivity contribution in [2.75, 3.05) is 32.8 Å². The molecule has 0 aromatic heterocycles. The Morgan fingerprint density at radius 3 is 2.45 bits per heavy atom. The summed E-state index contributed by atoms with van der Waals surface area (Å²) in [4.78, 5) is 1.98. The molecule has 1 aliphatic rings. The van der Waals surface area contributed by atoms with E-state index in [1.165, 1.54) is 0 Å². The maximum Gasteiger partial charge on any atom is 0.119 e. The minimum Gasteiger partial charge on any atom is -0.492 e. The first-order valence-corrected chi connectivity index (χ1v) is 6.69. The number of aliphatic hydroxyl groups is 2. The van der Waals surface area contributed by atoms with E-state index in [1.54, 1.807) is 0 Å². The van der Waals surface area contributed by atoms with Gasteiger partial charge in [-0.25, -0.2) is 0 Å². The number of hydrogen-bond acceptors (Lipinski definition) is 5. The fourth-order valence-electron chi connectivity index (χ4n) is 2.11. The smallest absolute Gasteiger partial charge is 0.119 e. The normalized spacial score (nSPS) is 22.4. The monoisotopic (exact) mass is 276 g/mol. The Balaban J connectivity index is 1.74. The maximum absolute atomic E-state index is 9.43. The van der Waals surface area contributed by atoms with E-state index in [-0.39, 0.29) is 0 Å². The highest BCUT2D eigenvalue weighted by molar-refractivity contribution is 5.38. The van der Waals surface area contributed by atoms with Gasteiger partial charge in [0.1, 0.15) is 12.4 Å². The first kappa shape index (κ1) is 14.8. The lowest BCUT2D eigenvalue weighted by molar-refractivity contribution is 0.0572. The molecule has 2 rings (SSSR count). The van der Waals surface area contributed by atoms with E-state index in [2.05, 4.69) is 11.8 Å². The number of likely N-dealkylation sites (tertiary alicyclic amines) is 1. The van der Waals surface area contributed by atoms with Crippen LogP contribution in [-0.4, -0.2) is 60.1 Å². The zero-order chi connectivity index (χ0) is 14.4. The molecule has 2 atom stereocenters. The van der Waals surface area contributed by atoms with Crippen molar-refractivity contribution in [1.29, 1.82) is 0 Å². The van der Waals surface area contributed by atoms with Gasteiger partial charge in [-0.2, -0.15) is 0 Å². The van der Waals surface area contributed by atoms with Crippen molar-refractivity contribution >= 4 is 0 Å². The number of hydrogen-bond donors (Lipinski definition) is 3. The Kier molecular flexibility index (Phi) is 5.39. The molecule has 1 aromatic rings. The molecule has 0 amide bonds. The van der Waals surface area contributed by atoms with Gasteiger partial charge in [0, 0.05) is 25.2 Å². The summed E-state index contributed by atoms with van der Waals surface area (Å²) in [6.07, 6.45) is -1.29. The average Bonchev–Trinajstić information content (AvgIpc) is 2.77. The van der Waals surface area contributed by atoms with Gasteiger partial charge in [-0.05, 0) is 24.3 Å². The van der Waals surface area contributed by atoms with Gasteiger partial charge >= 0.3 is 0 Å². The number of benzene rings is 1. The van der Waals surface area contributed by atoms with Crippen LogP contribution in [0.15, 0.2) is 24.3 Å². The molecule has 1 aliphatic heterocycles. The predicted octanol–water partition coefficient (Wildman–Crippen LogP) is -0.587. The summed E-state index contributed by atoms with van der Waals surface area (Å²) in [5, 5.41) is 18.9. The summed E-state index contributed by atoms with van der Waals surface area (Å²) in [6.45, 7) is 2.55. The summed E-state index contributed by atoms with van der Waals surface area (Å²) < 4.78 is 5.62. The van der Waals surface area contributed by atoms with Crippen molar-refractivity contribution in [3.8, 4) is 17.6 Å². The second kappa shape index (κ2) is 7.27. The van der Waals surface area contributed by atoms with Crippen LogP contribution in [0.4, 0.5) is 0 Å². The summed E-state index contributed by atoms with van der Waals surface area (Å²) in [7, 11) is 0. The lowest BCUT2D eigenvalue weighted by Gasteiger charge is -2.15. The van der Waals surface area contributed by atoms with Gasteiger partial charge in [-0.1, -0.05) is 11.8 Å². The van der Waals surface area contributed by atoms with Crippen LogP contribution in [0.2, 0.25) is 0 Å². The maximum atomic E-state index is 9.43. The van der Waals surface area contributed by atoms with Crippen molar-refractivity contribution in [2.24, 2.45) is 5.73 Å². The number of aliphatic hydroxyl groups excluding tert-OH is 2. The molecule has 0 spiro atoms. The molecule has 2 unspecified atom stereocenters. The molecule has 20 heavy (non-hydrogen) atoms. The molecule has 0 radical (unpaired) electrons. The molecule has 1 saturated heterocycles. The van der Waals surface area contributed by atoms with Crippen LogP contribution in [-0.2, 0) is 0 Å². The van der Waals surface area contributed by atoms with Gasteiger partial charge in [0.25, 0.3) is 0 Å². The van der Waals surface area contributed by atoms with Crippen LogP contribution in [0, 0.1) is 11.8 Å². The third-order valence-electron chi connectivity index (χ3n) is 3.20. The zero-order valence-corrected chi connectivity index (χ0v) is 11.3. The molecule has 108 valence electrons. The van der Waals surface area contributed by atoms with Crippen LogP contribution < -0.4 is 10.5 Å². The largest absolute Gasteiger partial charge is 0.492 e. The number of β-amino-alcohol motifs (C(OH)–C–C–N with tert-alkyl or cyclic N) is 2. The number of nitrogens with zero attached hydrogens (tertiary/aromatic N) is 1. The molecular formula is C15H20N2O3. The summed E-state index contributed by atoms with van der Waals surface area (Å²) in [5.41, 5.74) is 6.22. The van der Waals surface area contributed by atoms with E-state index in [0.717, 1.165) is 11.3 Å². The van der Waals surface area contributed by atoms with Gasteiger partial charge < -0.3 is 20.7 Å². The van der Waals surface area contributed by atoms with Gasteiger partial charge in [0.05, 0.1) is 18.8 Å². The Bertz CT molecular complexity index is 468. The van der Waals surface area contributed by atoms with Crippen molar-refractivity contribution in [1.82, 2.24) is 4.90 Å². The molecule has 5 nitrogen and oxygen atoms in total. The van der Waals surface area contributed by atoms with Crippen molar-refractivity contribution in [2.45, 2.75) is 12.2 Å². The summed E-state index contributed by atoms with van der Waals surface area (Å²) >= 11 is 0. The Morgan fingerprint density at radius 1 is 1.20 bits per heavy atom. The van der Waals surface area contributed by atoms with Gasteiger partial charge in [0.15, 0.2) is 0 Å². The van der Waals surface area contributed by atoms with Crippen LogP contribution in [0.1, 0.15) is 5.56 Å². The van der Waals surface area contributed by atoms with Crippen LogP contribution in [0.25, 0.3) is 0 Å². The number of rotatable bonds is 4. The Morgan fingerprint density at radius 2 is 1.85 bits per heavy atom. The highest BCUT2D eigenvalue weighted by Gasteiger charge is 2.28. The Hall–Kier alpha value is -1.58. The third-order valence-corrected chi connectivity index (χ3v) is 3.20. The third kappa shape index (κ3) is 4.22. The van der Waals surface area contributed by atoms with Crippen LogP contribution in [0.3, 0.4) is 0 Å². The zero-order valence-electron chi connectivity index (χ0n) is 11.3. The van der Waals surface area contributed by atoms with Gasteiger partial charge in [-0.15, -0.1) is 0 Å². The molecule has 0 saturated carbocycles. The molecule has 1 aromatic carbocycles. The minimum atomic E-state index is -0.643. The molecule has 4 N–H and O–H groups in total. The van der Waals surface area contributed by atoms with E-state index in [0.29, 0.717) is 32.8 Å². The van der Waals surface area contributed by atoms with Crippen molar-refractivity contribution < 1.29 is 14.9 Å². The first-order valence-electron chi connectivity index (χ1n) is 6.69. The second-order valence-electron chi connectivity index (χ2n) is 4.77. The summed E-state index contributed by atoms with van der Waals surface area (Å²) in [5.74, 6) is 6.52. The minimum absolute atomic E-state index is 0.353. The molecule has 0 aliphatic carbocycles. The lowest BCUT2D eigenvalue weighted by Crippen LogP contribution is -2.27. The Labute approximate surface area is 119 Å². The van der Waals surface area contributed by atoms with E-state index in [4.69, 9.17) is 10.5 Å². The standard InChI is InChI=1S/C15H20N2O3/c16-7-1-2-12-3-5-13(6-4-12)20-9-8-17-10-14(18)15(19)11-17/h3-6,14-15,18-19H,7-11,16H2. The fraction of sp³-hybridized carbons (Fsp3) is 0.467. The van der Waals surface area contributed by atoms with Crippen LogP contribution in [0.5, 0.6) is 5.75 Å². The fourth-order valence-corrected chi connectivity index (χ4v) is 2.11. The molecule has 0 bridgehead atoms. The topological polar surface area (TPSA) is 79.0 Å². The number of ether oxygens (including phenoxy) is 1. The van der Waals surface area contributed by atoms with Crippen molar-refractivity contribution in [3.05, 3.63) is 29.8 Å². The SMILES string of the molecule is NCC#Cc1ccc(OCCN2CC(O)C(O)C2)cc1. The molecular weight excluding hydrogens is 256 g/mol. The van der Waals surface area contributed by atoms with Crippen LogP contribution >= 0.6 is 0 Å². The van der Waals surface area contributed by atoms with E-state index < -0.39 is 12.2 Å². The highest BCUT2D eigenvalue weighted by Crippen LogP contribution is 2.13. The van der Waals surface area contributed by atoms with Crippen molar-refractivity contribution in [3.63, 3.8) is 0 Å². The summed E-state index contributed by atoms with van der Waals surface area (Å²) in [6, 6.07) is 7.52. The lowest BCUT2D eigenvalue weighted by atomic mass is 10.2. The average molecular weight is 276 g/mol. The predicted molar refractivity (Wildman–Crippen MR) is 76.3 cm³/mol. The number of nitrogens with two attached hydrogens (primary N) is 1. The molecule has 1 heterocycles.